The van der Waals surface area contributed by atoms with Crippen LogP contribution in [0.4, 0.5) is 0 Å². The topological polar surface area (TPSA) is 94.1 Å². The Balaban J connectivity index is 1.47. The molecule has 1 aliphatic heterocycles. The second kappa shape index (κ2) is 6.59. The lowest BCUT2D eigenvalue weighted by Gasteiger charge is -2.38. The molecule has 1 aromatic heterocycles. The summed E-state index contributed by atoms with van der Waals surface area (Å²) in [7, 11) is 0. The number of hydrogen-bond donors (Lipinski definition) is 1. The van der Waals surface area contributed by atoms with Crippen molar-refractivity contribution in [3.8, 4) is 0 Å². The van der Waals surface area contributed by atoms with E-state index in [1.54, 1.807) is 21.7 Å². The number of primary amides is 1. The summed E-state index contributed by atoms with van der Waals surface area (Å²) in [6, 6.07) is 7.42. The molecule has 1 aromatic carbocycles. The molecule has 1 fully saturated rings. The van der Waals surface area contributed by atoms with Crippen LogP contribution in [0.5, 0.6) is 0 Å². The number of halogens is 1. The summed E-state index contributed by atoms with van der Waals surface area (Å²) >= 11 is 7.30. The Labute approximate surface area is 141 Å². The summed E-state index contributed by atoms with van der Waals surface area (Å²) in [5.74, 6) is -0.169. The lowest BCUT2D eigenvalue weighted by molar-refractivity contribution is -0.134. The van der Waals surface area contributed by atoms with Gasteiger partial charge in [0.1, 0.15) is 0 Å². The highest BCUT2D eigenvalue weighted by Gasteiger charge is 2.32. The maximum Gasteiger partial charge on any atom is 0.270 e. The van der Waals surface area contributed by atoms with Crippen molar-refractivity contribution >= 4 is 35.2 Å². The molecule has 1 saturated heterocycles. The lowest BCUT2D eigenvalue weighted by atomic mass is 10.1. The number of aromatic nitrogens is 3. The third kappa shape index (κ3) is 3.65. The van der Waals surface area contributed by atoms with Gasteiger partial charge in [0, 0.05) is 23.0 Å². The Bertz CT molecular complexity index is 727. The van der Waals surface area contributed by atoms with E-state index in [-0.39, 0.29) is 17.6 Å². The highest BCUT2D eigenvalue weighted by molar-refractivity contribution is 8.00. The Kier molecular flexibility index (Phi) is 4.53. The third-order valence-corrected chi connectivity index (χ3v) is 4.78. The summed E-state index contributed by atoms with van der Waals surface area (Å²) in [6.07, 6.45) is 1.51. The fraction of sp³-hybridized carbons (Fsp3) is 0.286. The maximum absolute atomic E-state index is 12.1. The number of nitrogens with zero attached hydrogens (tertiary/aromatic N) is 4. The molecule has 0 radical (unpaired) electrons. The van der Waals surface area contributed by atoms with E-state index in [9.17, 15) is 9.59 Å². The van der Waals surface area contributed by atoms with Crippen molar-refractivity contribution in [2.45, 2.75) is 10.9 Å². The smallest absolute Gasteiger partial charge is 0.270 e. The van der Waals surface area contributed by atoms with Gasteiger partial charge >= 0.3 is 0 Å². The van der Waals surface area contributed by atoms with Gasteiger partial charge in [-0.25, -0.2) is 4.68 Å². The summed E-state index contributed by atoms with van der Waals surface area (Å²) < 4.78 is 1.58. The van der Waals surface area contributed by atoms with E-state index in [0.29, 0.717) is 23.9 Å². The van der Waals surface area contributed by atoms with Crippen LogP contribution in [0.2, 0.25) is 5.02 Å². The number of benzene rings is 1. The molecule has 0 atom stereocenters. The van der Waals surface area contributed by atoms with Crippen LogP contribution < -0.4 is 5.73 Å². The van der Waals surface area contributed by atoms with Crippen LogP contribution in [-0.4, -0.2) is 50.6 Å². The molecule has 23 heavy (non-hydrogen) atoms. The average Bonchev–Trinajstić information content (AvgIpc) is 2.95. The molecule has 0 unspecified atom stereocenters. The van der Waals surface area contributed by atoms with Crippen molar-refractivity contribution in [3.63, 3.8) is 0 Å². The quantitative estimate of drug-likeness (QED) is 0.817. The van der Waals surface area contributed by atoms with Crippen molar-refractivity contribution in [2.75, 3.05) is 18.8 Å². The van der Waals surface area contributed by atoms with E-state index in [2.05, 4.69) is 10.3 Å². The first-order valence-electron chi connectivity index (χ1n) is 6.90. The summed E-state index contributed by atoms with van der Waals surface area (Å²) in [4.78, 5) is 25.9. The highest BCUT2D eigenvalue weighted by Crippen LogP contribution is 2.24. The molecule has 2 aromatic rings. The van der Waals surface area contributed by atoms with E-state index in [0.717, 1.165) is 4.90 Å². The molecule has 0 aliphatic carbocycles. The number of carbonyl (C=O) groups is 2. The van der Waals surface area contributed by atoms with Crippen molar-refractivity contribution in [3.05, 3.63) is 41.2 Å². The van der Waals surface area contributed by atoms with Crippen molar-refractivity contribution in [1.82, 2.24) is 19.9 Å². The van der Waals surface area contributed by atoms with Gasteiger partial charge in [-0.15, -0.1) is 16.9 Å². The summed E-state index contributed by atoms with van der Waals surface area (Å²) in [5.41, 5.74) is 5.27. The molecule has 2 heterocycles. The molecule has 120 valence electrons. The van der Waals surface area contributed by atoms with Crippen molar-refractivity contribution < 1.29 is 9.59 Å². The second-order valence-corrected chi connectivity index (χ2v) is 6.63. The van der Waals surface area contributed by atoms with Gasteiger partial charge < -0.3 is 10.6 Å². The normalized spacial score (nSPS) is 14.6. The zero-order valence-electron chi connectivity index (χ0n) is 12.1. The van der Waals surface area contributed by atoms with Crippen LogP contribution in [-0.2, 0) is 4.79 Å². The van der Waals surface area contributed by atoms with Crippen LogP contribution in [0.15, 0.2) is 35.4 Å². The van der Waals surface area contributed by atoms with Gasteiger partial charge in [-0.2, -0.15) is 0 Å². The monoisotopic (exact) mass is 351 g/mol. The molecule has 3 rings (SSSR count). The molecule has 9 heteroatoms. The standard InChI is InChI=1S/C14H14ClN5O2S/c15-9-1-3-11(4-2-9)23-8-13(21)19-5-10(6-19)20-7-12(14(16)22)17-18-20/h1-4,7,10H,5-6,8H2,(H2,16,22). The van der Waals surface area contributed by atoms with Gasteiger partial charge in [-0.1, -0.05) is 16.8 Å². The number of carbonyl (C=O) groups excluding carboxylic acids is 2. The van der Waals surface area contributed by atoms with Crippen LogP contribution in [0, 0.1) is 0 Å². The van der Waals surface area contributed by atoms with Crippen LogP contribution in [0.25, 0.3) is 0 Å². The number of likely N-dealkylation sites (tertiary alicyclic amines) is 1. The number of rotatable bonds is 5. The van der Waals surface area contributed by atoms with Crippen molar-refractivity contribution in [2.24, 2.45) is 5.73 Å². The number of thioether (sulfide) groups is 1. The fourth-order valence-corrected chi connectivity index (χ4v) is 3.09. The zero-order chi connectivity index (χ0) is 16.4. The minimum atomic E-state index is -0.608. The number of amides is 2. The van der Waals surface area contributed by atoms with E-state index < -0.39 is 5.91 Å². The van der Waals surface area contributed by atoms with Gasteiger partial charge in [0.2, 0.25) is 5.91 Å². The first-order chi connectivity index (χ1) is 11.0. The predicted octanol–water partition coefficient (Wildman–Crippen LogP) is 1.21. The van der Waals surface area contributed by atoms with E-state index in [4.69, 9.17) is 17.3 Å². The summed E-state index contributed by atoms with van der Waals surface area (Å²) in [5, 5.41) is 8.23. The maximum atomic E-state index is 12.1. The molecule has 1 aliphatic rings. The first-order valence-corrected chi connectivity index (χ1v) is 8.27. The average molecular weight is 352 g/mol. The molecule has 0 spiro atoms. The fourth-order valence-electron chi connectivity index (χ4n) is 2.16. The third-order valence-electron chi connectivity index (χ3n) is 3.53. The lowest BCUT2D eigenvalue weighted by Crippen LogP contribution is -2.51. The van der Waals surface area contributed by atoms with E-state index >= 15 is 0 Å². The second-order valence-electron chi connectivity index (χ2n) is 5.14. The van der Waals surface area contributed by atoms with Gasteiger partial charge in [0.15, 0.2) is 5.69 Å². The molecular weight excluding hydrogens is 338 g/mol. The van der Waals surface area contributed by atoms with Gasteiger partial charge in [-0.3, -0.25) is 9.59 Å². The van der Waals surface area contributed by atoms with Gasteiger partial charge in [0.05, 0.1) is 18.0 Å². The Hall–Kier alpha value is -2.06. The SMILES string of the molecule is NC(=O)c1cn(C2CN(C(=O)CSc3ccc(Cl)cc3)C2)nn1. The largest absolute Gasteiger partial charge is 0.364 e. The minimum Gasteiger partial charge on any atom is -0.364 e. The molecule has 0 saturated carbocycles. The predicted molar refractivity (Wildman–Crippen MR) is 86.3 cm³/mol. The van der Waals surface area contributed by atoms with Gasteiger partial charge in [-0.05, 0) is 24.3 Å². The molecule has 0 bridgehead atoms. The van der Waals surface area contributed by atoms with Gasteiger partial charge in [0.25, 0.3) is 5.91 Å². The Morgan fingerprint density at radius 1 is 1.30 bits per heavy atom. The highest BCUT2D eigenvalue weighted by atomic mass is 35.5. The van der Waals surface area contributed by atoms with E-state index in [1.807, 2.05) is 12.1 Å². The zero-order valence-corrected chi connectivity index (χ0v) is 13.6. The van der Waals surface area contributed by atoms with Crippen LogP contribution in [0.1, 0.15) is 16.5 Å². The van der Waals surface area contributed by atoms with Crippen LogP contribution >= 0.6 is 23.4 Å². The molecular formula is C14H14ClN5O2S. The molecule has 2 N–H and O–H groups in total. The number of hydrogen-bond acceptors (Lipinski definition) is 5. The van der Waals surface area contributed by atoms with E-state index in [1.165, 1.54) is 18.0 Å². The van der Waals surface area contributed by atoms with Crippen LogP contribution in [0.3, 0.4) is 0 Å². The Morgan fingerprint density at radius 3 is 2.61 bits per heavy atom. The summed E-state index contributed by atoms with van der Waals surface area (Å²) in [6.45, 7) is 1.11. The number of nitrogens with two attached hydrogens (primary N) is 1. The minimum absolute atomic E-state index is 0.0417. The van der Waals surface area contributed by atoms with Crippen molar-refractivity contribution in [1.29, 1.82) is 0 Å². The first kappa shape index (κ1) is 15.8. The molecule has 2 amide bonds. The Morgan fingerprint density at radius 2 is 2.00 bits per heavy atom. The molecule has 7 nitrogen and oxygen atoms in total.